The molecule has 0 unspecified atom stereocenters. The summed E-state index contributed by atoms with van der Waals surface area (Å²) in [6, 6.07) is 11.6. The molecular weight excluding hydrogens is 360 g/mol. The van der Waals surface area contributed by atoms with Crippen molar-refractivity contribution in [2.24, 2.45) is 0 Å². The molecule has 2 aromatic carbocycles. The largest absolute Gasteiger partial charge is 0.322 e. The van der Waals surface area contributed by atoms with Gasteiger partial charge in [0.15, 0.2) is 0 Å². The van der Waals surface area contributed by atoms with Crippen molar-refractivity contribution in [2.75, 3.05) is 18.4 Å². The summed E-state index contributed by atoms with van der Waals surface area (Å²) in [6.07, 6.45) is 3.04. The Hall–Kier alpha value is -2.70. The highest BCUT2D eigenvalue weighted by Gasteiger charge is 2.22. The van der Waals surface area contributed by atoms with E-state index in [1.807, 2.05) is 32.0 Å². The molecule has 6 heteroatoms. The number of nitrogens with zero attached hydrogens (tertiary/aromatic N) is 1. The van der Waals surface area contributed by atoms with E-state index in [2.05, 4.69) is 18.5 Å². The van der Waals surface area contributed by atoms with Gasteiger partial charge in [0, 0.05) is 24.3 Å². The van der Waals surface area contributed by atoms with Gasteiger partial charge < -0.3 is 5.32 Å². The van der Waals surface area contributed by atoms with E-state index < -0.39 is 10.0 Å². The van der Waals surface area contributed by atoms with Crippen LogP contribution < -0.4 is 5.32 Å². The van der Waals surface area contributed by atoms with E-state index in [9.17, 15) is 13.2 Å². The first kappa shape index (κ1) is 20.6. The molecule has 0 saturated carbocycles. The Morgan fingerprint density at radius 1 is 1.04 bits per heavy atom. The summed E-state index contributed by atoms with van der Waals surface area (Å²) in [5, 5.41) is 2.86. The number of aryl methyl sites for hydroxylation is 1. The van der Waals surface area contributed by atoms with Crippen molar-refractivity contribution in [3.63, 3.8) is 0 Å². The Kier molecular flexibility index (Phi) is 6.71. The molecule has 0 aliphatic rings. The monoisotopic (exact) mass is 384 g/mol. The zero-order chi connectivity index (χ0) is 20.0. The fourth-order valence-electron chi connectivity index (χ4n) is 2.57. The molecule has 0 heterocycles. The SMILES string of the molecule is C=CCN(CC=C)S(=O)(=O)c1ccc(C(=O)Nc2cccc(C)c2C)cc1. The van der Waals surface area contributed by atoms with Gasteiger partial charge in [-0.05, 0) is 55.3 Å². The number of hydrogen-bond acceptors (Lipinski definition) is 3. The van der Waals surface area contributed by atoms with Crippen molar-refractivity contribution in [2.45, 2.75) is 18.7 Å². The van der Waals surface area contributed by atoms with Crippen LogP contribution in [0.2, 0.25) is 0 Å². The normalized spacial score (nSPS) is 11.2. The second-order valence-electron chi connectivity index (χ2n) is 6.13. The minimum absolute atomic E-state index is 0.120. The van der Waals surface area contributed by atoms with Gasteiger partial charge >= 0.3 is 0 Å². The molecule has 2 aromatic rings. The summed E-state index contributed by atoms with van der Waals surface area (Å²) < 4.78 is 26.7. The van der Waals surface area contributed by atoms with Crippen LogP contribution in [0.3, 0.4) is 0 Å². The number of sulfonamides is 1. The van der Waals surface area contributed by atoms with Gasteiger partial charge in [-0.2, -0.15) is 4.31 Å². The van der Waals surface area contributed by atoms with E-state index in [1.54, 1.807) is 0 Å². The highest BCUT2D eigenvalue weighted by Crippen LogP contribution is 2.20. The summed E-state index contributed by atoms with van der Waals surface area (Å²) >= 11 is 0. The summed E-state index contributed by atoms with van der Waals surface area (Å²) in [5.41, 5.74) is 3.20. The molecule has 2 rings (SSSR count). The van der Waals surface area contributed by atoms with Crippen LogP contribution in [0.5, 0.6) is 0 Å². The van der Waals surface area contributed by atoms with Crippen LogP contribution in [0.15, 0.2) is 72.7 Å². The highest BCUT2D eigenvalue weighted by atomic mass is 32.2. The van der Waals surface area contributed by atoms with Gasteiger partial charge in [-0.1, -0.05) is 24.3 Å². The number of nitrogens with one attached hydrogen (secondary N) is 1. The van der Waals surface area contributed by atoms with Crippen LogP contribution in [0.25, 0.3) is 0 Å². The lowest BCUT2D eigenvalue weighted by Crippen LogP contribution is -2.31. The number of rotatable bonds is 8. The number of hydrogen-bond donors (Lipinski definition) is 1. The first-order chi connectivity index (χ1) is 12.8. The van der Waals surface area contributed by atoms with Crippen molar-refractivity contribution in [1.29, 1.82) is 0 Å². The minimum atomic E-state index is -3.68. The van der Waals surface area contributed by atoms with Crippen molar-refractivity contribution in [3.8, 4) is 0 Å². The first-order valence-corrected chi connectivity index (χ1v) is 9.95. The molecule has 0 aliphatic heterocycles. The minimum Gasteiger partial charge on any atom is -0.322 e. The predicted octanol–water partition coefficient (Wildman–Crippen LogP) is 3.92. The van der Waals surface area contributed by atoms with E-state index in [-0.39, 0.29) is 23.9 Å². The third-order valence-corrected chi connectivity index (χ3v) is 6.12. The average Bonchev–Trinajstić information content (AvgIpc) is 2.65. The number of amides is 1. The van der Waals surface area contributed by atoms with Gasteiger partial charge in [-0.3, -0.25) is 4.79 Å². The average molecular weight is 385 g/mol. The fraction of sp³-hybridized carbons (Fsp3) is 0.190. The Bertz CT molecular complexity index is 938. The maximum absolute atomic E-state index is 12.7. The number of anilines is 1. The molecular formula is C21H24N2O3S. The van der Waals surface area contributed by atoms with Crippen molar-refractivity contribution >= 4 is 21.6 Å². The molecule has 1 N–H and O–H groups in total. The number of benzene rings is 2. The molecule has 0 aliphatic carbocycles. The quantitative estimate of drug-likeness (QED) is 0.702. The third-order valence-electron chi connectivity index (χ3n) is 4.27. The lowest BCUT2D eigenvalue weighted by Gasteiger charge is -2.19. The van der Waals surface area contributed by atoms with Gasteiger partial charge in [0.1, 0.15) is 0 Å². The molecule has 0 bridgehead atoms. The van der Waals surface area contributed by atoms with E-state index >= 15 is 0 Å². The highest BCUT2D eigenvalue weighted by molar-refractivity contribution is 7.89. The van der Waals surface area contributed by atoms with Crippen LogP contribution in [0, 0.1) is 13.8 Å². The molecule has 0 atom stereocenters. The van der Waals surface area contributed by atoms with E-state index in [1.165, 1.54) is 40.7 Å². The van der Waals surface area contributed by atoms with Crippen molar-refractivity contribution in [3.05, 3.63) is 84.5 Å². The molecule has 5 nitrogen and oxygen atoms in total. The second kappa shape index (κ2) is 8.79. The van der Waals surface area contributed by atoms with E-state index in [0.717, 1.165) is 16.8 Å². The Balaban J connectivity index is 2.23. The Labute approximate surface area is 161 Å². The summed E-state index contributed by atoms with van der Waals surface area (Å²) in [4.78, 5) is 12.6. The Morgan fingerprint density at radius 3 is 2.19 bits per heavy atom. The van der Waals surface area contributed by atoms with Gasteiger partial charge in [-0.25, -0.2) is 8.42 Å². The smallest absolute Gasteiger partial charge is 0.255 e. The molecule has 0 fully saturated rings. The maximum atomic E-state index is 12.7. The molecule has 27 heavy (non-hydrogen) atoms. The molecule has 0 aromatic heterocycles. The molecule has 1 amide bonds. The molecule has 0 spiro atoms. The summed E-state index contributed by atoms with van der Waals surface area (Å²) in [7, 11) is -3.68. The number of carbonyl (C=O) groups excluding carboxylic acids is 1. The Morgan fingerprint density at radius 2 is 1.63 bits per heavy atom. The third kappa shape index (κ3) is 4.72. The van der Waals surface area contributed by atoms with Gasteiger partial charge in [0.25, 0.3) is 5.91 Å². The lowest BCUT2D eigenvalue weighted by molar-refractivity contribution is 0.102. The van der Waals surface area contributed by atoms with E-state index in [0.29, 0.717) is 5.56 Å². The zero-order valence-corrected chi connectivity index (χ0v) is 16.4. The van der Waals surface area contributed by atoms with Gasteiger partial charge in [0.2, 0.25) is 10.0 Å². The van der Waals surface area contributed by atoms with Gasteiger partial charge in [-0.15, -0.1) is 13.2 Å². The predicted molar refractivity (Wildman–Crippen MR) is 109 cm³/mol. The van der Waals surface area contributed by atoms with Crippen LogP contribution in [-0.2, 0) is 10.0 Å². The first-order valence-electron chi connectivity index (χ1n) is 8.50. The van der Waals surface area contributed by atoms with E-state index in [4.69, 9.17) is 0 Å². The lowest BCUT2D eigenvalue weighted by atomic mass is 10.1. The topological polar surface area (TPSA) is 66.5 Å². The van der Waals surface area contributed by atoms with Crippen LogP contribution in [0.4, 0.5) is 5.69 Å². The van der Waals surface area contributed by atoms with Crippen molar-refractivity contribution < 1.29 is 13.2 Å². The second-order valence-corrected chi connectivity index (χ2v) is 8.06. The fourth-order valence-corrected chi connectivity index (χ4v) is 3.95. The number of carbonyl (C=O) groups is 1. The maximum Gasteiger partial charge on any atom is 0.255 e. The van der Waals surface area contributed by atoms with Gasteiger partial charge in [0.05, 0.1) is 4.90 Å². The molecule has 142 valence electrons. The van der Waals surface area contributed by atoms with Crippen LogP contribution >= 0.6 is 0 Å². The molecule has 0 saturated heterocycles. The molecule has 0 radical (unpaired) electrons. The van der Waals surface area contributed by atoms with Crippen LogP contribution in [0.1, 0.15) is 21.5 Å². The zero-order valence-electron chi connectivity index (χ0n) is 15.6. The van der Waals surface area contributed by atoms with Crippen LogP contribution in [-0.4, -0.2) is 31.7 Å². The summed E-state index contributed by atoms with van der Waals surface area (Å²) in [6.45, 7) is 11.5. The standard InChI is InChI=1S/C21H24N2O3S/c1-5-14-23(15-6-2)27(25,26)19-12-10-18(11-13-19)21(24)22-20-9-7-8-16(3)17(20)4/h5-13H,1-2,14-15H2,3-4H3,(H,22,24). The van der Waals surface area contributed by atoms with Crippen molar-refractivity contribution in [1.82, 2.24) is 4.31 Å². The summed E-state index contributed by atoms with van der Waals surface area (Å²) in [5.74, 6) is -0.290.